The van der Waals surface area contributed by atoms with Gasteiger partial charge in [-0.25, -0.2) is 24.3 Å². The molecule has 2 aromatic rings. The Kier molecular flexibility index (Phi) is 13.9. The van der Waals surface area contributed by atoms with Crippen molar-refractivity contribution in [2.75, 3.05) is 32.0 Å². The number of hydrogen-bond acceptors (Lipinski definition) is 18. The number of fused-ring (bicyclic) bond motifs is 1. The molecule has 5 N–H and O–H groups in total. The van der Waals surface area contributed by atoms with Crippen molar-refractivity contribution in [3.63, 3.8) is 0 Å². The molecular weight excluding hydrogens is 703 g/mol. The summed E-state index contributed by atoms with van der Waals surface area (Å²) < 4.78 is 55.1. The minimum absolute atomic E-state index is 0.0279. The minimum Gasteiger partial charge on any atom is -0.432 e. The van der Waals surface area contributed by atoms with Crippen LogP contribution in [0.3, 0.4) is 0 Å². The highest BCUT2D eigenvalue weighted by Crippen LogP contribution is 2.63. The maximum Gasteiger partial charge on any atom is 0.509 e. The molecule has 19 nitrogen and oxygen atoms in total. The molecule has 2 aromatic heterocycles. The van der Waals surface area contributed by atoms with Crippen molar-refractivity contribution >= 4 is 53.1 Å². The van der Waals surface area contributed by atoms with Crippen LogP contribution in [0.2, 0.25) is 0 Å². The van der Waals surface area contributed by atoms with Gasteiger partial charge in [0.2, 0.25) is 5.91 Å². The van der Waals surface area contributed by atoms with Crippen LogP contribution < -0.4 is 11.1 Å². The highest BCUT2D eigenvalue weighted by Gasteiger charge is 2.50. The minimum atomic E-state index is -4.36. The topological polar surface area (TPSA) is 255 Å². The van der Waals surface area contributed by atoms with E-state index in [4.69, 9.17) is 38.5 Å². The summed E-state index contributed by atoms with van der Waals surface area (Å²) in [5.41, 5.74) is 6.59. The number of imide groups is 1. The van der Waals surface area contributed by atoms with Gasteiger partial charge in [-0.3, -0.25) is 28.5 Å². The summed E-state index contributed by atoms with van der Waals surface area (Å²) in [4.78, 5) is 48.7. The number of rotatable bonds is 16. The van der Waals surface area contributed by atoms with Crippen molar-refractivity contribution in [3.05, 3.63) is 37.0 Å². The zero-order chi connectivity index (χ0) is 36.6. The van der Waals surface area contributed by atoms with Crippen LogP contribution in [0.4, 0.5) is 10.6 Å². The summed E-state index contributed by atoms with van der Waals surface area (Å²) in [5, 5.41) is 23.2. The Morgan fingerprint density at radius 3 is 2.66 bits per heavy atom. The lowest BCUT2D eigenvalue weighted by molar-refractivity contribution is -0.126. The van der Waals surface area contributed by atoms with Crippen LogP contribution in [0.5, 0.6) is 0 Å². The number of hydrogen-bond donors (Lipinski definition) is 4. The second-order valence-corrected chi connectivity index (χ2v) is 15.3. The number of nitrogens with two attached hydrogens (primary N) is 1. The Morgan fingerprint density at radius 1 is 1.22 bits per heavy atom. The first-order chi connectivity index (χ1) is 23.8. The SMILES string of the molecule is C=C(CC1O[C@H](CO)[C@H](O[P@@](=O)(OC[C@H]2O[C@@H](n3cnc4c(N)ncnc43)C[C@H]2O)SCOC(=O)OC(C)C)C1OC)C(=O)NC(=O)/C=C\C. The van der Waals surface area contributed by atoms with Crippen LogP contribution in [0.15, 0.2) is 37.0 Å². The number of methoxy groups -OCH3 is 1. The molecule has 276 valence electrons. The molecule has 0 bridgehead atoms. The molecule has 2 aliphatic heterocycles. The molecule has 0 aliphatic carbocycles. The Bertz CT molecular complexity index is 1610. The molecule has 50 heavy (non-hydrogen) atoms. The molecule has 2 fully saturated rings. The Hall–Kier alpha value is -3.46. The van der Waals surface area contributed by atoms with Crippen LogP contribution in [-0.4, -0.2) is 117 Å². The van der Waals surface area contributed by atoms with Gasteiger partial charge in [-0.1, -0.05) is 12.7 Å². The van der Waals surface area contributed by atoms with E-state index < -0.39 is 92.9 Å². The first-order valence-corrected chi connectivity index (χ1v) is 18.5. The number of allylic oxidation sites excluding steroid dienone is 1. The summed E-state index contributed by atoms with van der Waals surface area (Å²) in [6.45, 7) is 3.16. The fraction of sp³-hybridized carbons (Fsp3) is 0.586. The van der Waals surface area contributed by atoms with Gasteiger partial charge in [0.1, 0.15) is 42.5 Å². The number of imidazole rings is 1. The molecular formula is C29H41N6O13PS. The van der Waals surface area contributed by atoms with Crippen LogP contribution >= 0.6 is 18.2 Å². The lowest BCUT2D eigenvalue weighted by Crippen LogP contribution is -2.38. The lowest BCUT2D eigenvalue weighted by Gasteiger charge is -2.28. The van der Waals surface area contributed by atoms with Crippen molar-refractivity contribution in [3.8, 4) is 0 Å². The number of carbonyl (C=O) groups is 3. The number of aliphatic hydroxyl groups excluding tert-OH is 2. The largest absolute Gasteiger partial charge is 0.509 e. The molecule has 8 atom stereocenters. The maximum absolute atomic E-state index is 14.3. The van der Waals surface area contributed by atoms with Crippen molar-refractivity contribution < 1.29 is 61.9 Å². The van der Waals surface area contributed by atoms with Crippen LogP contribution in [0.25, 0.3) is 11.2 Å². The lowest BCUT2D eigenvalue weighted by atomic mass is 10.0. The van der Waals surface area contributed by atoms with E-state index in [0.717, 1.165) is 0 Å². The smallest absolute Gasteiger partial charge is 0.432 e. The summed E-state index contributed by atoms with van der Waals surface area (Å²) in [5.74, 6) is -1.75. The van der Waals surface area contributed by atoms with E-state index in [-0.39, 0.29) is 24.2 Å². The molecule has 4 heterocycles. The summed E-state index contributed by atoms with van der Waals surface area (Å²) in [6.07, 6.45) is -3.33. The van der Waals surface area contributed by atoms with Crippen molar-refractivity contribution in [1.82, 2.24) is 24.8 Å². The fourth-order valence-electron chi connectivity index (χ4n) is 5.15. The zero-order valence-corrected chi connectivity index (χ0v) is 29.5. The molecule has 4 rings (SSSR count). The Balaban J connectivity index is 1.48. The predicted molar refractivity (Wildman–Crippen MR) is 176 cm³/mol. The second-order valence-electron chi connectivity index (χ2n) is 11.4. The van der Waals surface area contributed by atoms with Gasteiger partial charge in [0.15, 0.2) is 17.4 Å². The van der Waals surface area contributed by atoms with E-state index in [9.17, 15) is 29.2 Å². The van der Waals surface area contributed by atoms with Gasteiger partial charge < -0.3 is 39.6 Å². The van der Waals surface area contributed by atoms with E-state index in [1.807, 2.05) is 0 Å². The van der Waals surface area contributed by atoms with E-state index in [0.29, 0.717) is 22.5 Å². The molecule has 2 aliphatic rings. The number of nitrogens with one attached hydrogen (secondary N) is 1. The fourth-order valence-corrected chi connectivity index (χ4v) is 7.94. The van der Waals surface area contributed by atoms with E-state index >= 15 is 0 Å². The third-order valence-electron chi connectivity index (χ3n) is 7.45. The van der Waals surface area contributed by atoms with Gasteiger partial charge in [-0.2, -0.15) is 0 Å². The number of carbonyl (C=O) groups excluding carboxylic acids is 3. The van der Waals surface area contributed by atoms with Gasteiger partial charge in [-0.05, 0) is 26.8 Å². The molecule has 2 unspecified atom stereocenters. The predicted octanol–water partition coefficient (Wildman–Crippen LogP) is 1.76. The number of nitrogens with zero attached hydrogens (tertiary/aromatic N) is 4. The first-order valence-electron chi connectivity index (χ1n) is 15.4. The number of aromatic nitrogens is 4. The third kappa shape index (κ3) is 9.86. The molecule has 21 heteroatoms. The van der Waals surface area contributed by atoms with E-state index in [2.05, 4.69) is 26.8 Å². The van der Waals surface area contributed by atoms with Crippen LogP contribution in [0.1, 0.15) is 39.8 Å². The summed E-state index contributed by atoms with van der Waals surface area (Å²) in [7, 11) is 1.32. The average molecular weight is 745 g/mol. The molecule has 0 spiro atoms. The van der Waals surface area contributed by atoms with Gasteiger partial charge in [0.05, 0.1) is 37.9 Å². The molecule has 0 aromatic carbocycles. The number of ether oxygens (including phenoxy) is 5. The zero-order valence-electron chi connectivity index (χ0n) is 27.8. The number of aliphatic hydroxyl groups is 2. The van der Waals surface area contributed by atoms with E-state index in [1.165, 1.54) is 31.9 Å². The van der Waals surface area contributed by atoms with Gasteiger partial charge >= 0.3 is 13.0 Å². The molecule has 2 saturated heterocycles. The van der Waals surface area contributed by atoms with Crippen LogP contribution in [-0.2, 0) is 46.9 Å². The van der Waals surface area contributed by atoms with Crippen LogP contribution in [0, 0.1) is 0 Å². The number of nitrogen functional groups attached to an aromatic ring is 1. The molecule has 0 radical (unpaired) electrons. The first kappa shape index (κ1) is 39.3. The van der Waals surface area contributed by atoms with Crippen molar-refractivity contribution in [2.24, 2.45) is 0 Å². The molecule has 2 amide bonds. The van der Waals surface area contributed by atoms with Gasteiger partial charge in [0.25, 0.3) is 5.91 Å². The quantitative estimate of drug-likeness (QED) is 0.0826. The molecule has 0 saturated carbocycles. The van der Waals surface area contributed by atoms with Gasteiger partial charge in [-0.15, -0.1) is 0 Å². The van der Waals surface area contributed by atoms with Crippen molar-refractivity contribution in [1.29, 1.82) is 0 Å². The monoisotopic (exact) mass is 744 g/mol. The Morgan fingerprint density at radius 2 is 1.98 bits per heavy atom. The van der Waals surface area contributed by atoms with E-state index in [1.54, 1.807) is 25.3 Å². The number of anilines is 1. The summed E-state index contributed by atoms with van der Waals surface area (Å²) in [6, 6.07) is 0. The van der Waals surface area contributed by atoms with Gasteiger partial charge in [0, 0.05) is 36.9 Å². The highest BCUT2D eigenvalue weighted by molar-refractivity contribution is 8.55. The highest BCUT2D eigenvalue weighted by atomic mass is 32.7. The standard InChI is InChI=1S/C29H41N6O13PS/c1-6-7-21(38)34-28(39)16(4)8-18-24(42-5)25(19(10-36)46-18)48-49(41,50-14-43-29(40)45-15(2)3)44-11-20-17(37)9-22(47-20)35-13-33-23-26(30)31-12-32-27(23)35/h6-7,12-13,15,17-20,22,24-25,36-37H,4,8-11,14H2,1-3,5H3,(H2,30,31,32)(H,34,38,39)/b7-6-/t17-,18?,19-,20-,22-,24?,25+,49-/m1/s1. The number of amides is 2. The maximum atomic E-state index is 14.3. The normalized spacial score (nSPS) is 26.3. The second kappa shape index (κ2) is 17.7. The summed E-state index contributed by atoms with van der Waals surface area (Å²) >= 11 is 0.496. The Labute approximate surface area is 291 Å². The van der Waals surface area contributed by atoms with Crippen molar-refractivity contribution in [2.45, 2.75) is 82.6 Å². The third-order valence-corrected chi connectivity index (χ3v) is 10.8. The average Bonchev–Trinajstić information content (AvgIpc) is 3.74.